The highest BCUT2D eigenvalue weighted by atomic mass is 16.5. The second kappa shape index (κ2) is 12.8. The molecule has 28 heavy (non-hydrogen) atoms. The van der Waals surface area contributed by atoms with E-state index in [0.717, 1.165) is 5.69 Å². The number of carbonyl (C=O) groups is 3. The Hall–Kier alpha value is -2.55. The van der Waals surface area contributed by atoms with Gasteiger partial charge in [0.2, 0.25) is 5.91 Å². The van der Waals surface area contributed by atoms with Gasteiger partial charge in [-0.2, -0.15) is 0 Å². The maximum absolute atomic E-state index is 12.9. The van der Waals surface area contributed by atoms with Crippen LogP contribution in [0.2, 0.25) is 0 Å². The van der Waals surface area contributed by atoms with Crippen molar-refractivity contribution in [3.63, 3.8) is 0 Å². The maximum atomic E-state index is 12.9. The molecule has 1 aromatic heterocycles. The van der Waals surface area contributed by atoms with Crippen molar-refractivity contribution >= 4 is 17.9 Å². The summed E-state index contributed by atoms with van der Waals surface area (Å²) in [6.07, 6.45) is 2.61. The molecule has 1 aromatic rings. The molecule has 9 heteroatoms. The van der Waals surface area contributed by atoms with Crippen molar-refractivity contribution in [1.82, 2.24) is 19.7 Å². The molecule has 9 nitrogen and oxygen atoms in total. The van der Waals surface area contributed by atoms with E-state index in [0.29, 0.717) is 32.7 Å². The van der Waals surface area contributed by atoms with Gasteiger partial charge in [0.25, 0.3) is 0 Å². The Morgan fingerprint density at radius 1 is 1.18 bits per heavy atom. The number of carbonyl (C=O) groups excluding carboxylic acids is 3. The molecule has 1 rings (SSSR count). The van der Waals surface area contributed by atoms with Crippen LogP contribution in [-0.2, 0) is 32.7 Å². The molecule has 0 saturated carbocycles. The Morgan fingerprint density at radius 2 is 1.93 bits per heavy atom. The first-order valence-corrected chi connectivity index (χ1v) is 9.48. The number of aryl methyl sites for hydroxylation is 1. The van der Waals surface area contributed by atoms with Gasteiger partial charge < -0.3 is 29.2 Å². The highest BCUT2D eigenvalue weighted by molar-refractivity contribution is 5.86. The van der Waals surface area contributed by atoms with E-state index in [1.54, 1.807) is 18.9 Å². The van der Waals surface area contributed by atoms with Crippen LogP contribution in [0.3, 0.4) is 0 Å². The van der Waals surface area contributed by atoms with Crippen molar-refractivity contribution < 1.29 is 23.9 Å². The van der Waals surface area contributed by atoms with Crippen LogP contribution >= 0.6 is 0 Å². The number of rotatable bonds is 12. The van der Waals surface area contributed by atoms with Gasteiger partial charge in [-0.15, -0.1) is 0 Å². The summed E-state index contributed by atoms with van der Waals surface area (Å²) in [5.41, 5.74) is 0.984. The van der Waals surface area contributed by atoms with Crippen molar-refractivity contribution in [1.29, 1.82) is 0 Å². The number of hydrogen-bond acceptors (Lipinski definition) is 5. The Labute approximate surface area is 166 Å². The minimum absolute atomic E-state index is 0.0728. The van der Waals surface area contributed by atoms with Crippen LogP contribution in [-0.4, -0.2) is 78.8 Å². The Morgan fingerprint density at radius 3 is 2.50 bits per heavy atom. The number of esters is 1. The fourth-order valence-electron chi connectivity index (χ4n) is 2.61. The van der Waals surface area contributed by atoms with Crippen molar-refractivity contribution in [3.05, 3.63) is 24.0 Å². The number of aromatic nitrogens is 1. The van der Waals surface area contributed by atoms with Gasteiger partial charge in [-0.1, -0.05) is 6.92 Å². The van der Waals surface area contributed by atoms with Gasteiger partial charge in [0.15, 0.2) is 0 Å². The average Bonchev–Trinajstić information content (AvgIpc) is 3.07. The molecule has 0 unspecified atom stereocenters. The van der Waals surface area contributed by atoms with Gasteiger partial charge in [0.1, 0.15) is 13.1 Å². The number of amides is 3. The molecule has 3 amide bonds. The minimum atomic E-state index is -0.510. The zero-order valence-electron chi connectivity index (χ0n) is 17.3. The quantitative estimate of drug-likeness (QED) is 0.532. The third kappa shape index (κ3) is 7.99. The van der Waals surface area contributed by atoms with Crippen LogP contribution in [0.1, 0.15) is 26.0 Å². The molecular formula is C19H32N4O5. The maximum Gasteiger partial charge on any atom is 0.325 e. The standard InChI is InChI=1S/C19H32N4O5/c1-5-9-23(19(26)20-13-18(25)28-6-2)15-17(24)22(11-12-27-4)14-16-8-7-10-21(16)3/h7-8,10H,5-6,9,11-15H2,1-4H3,(H,20,26). The fourth-order valence-corrected chi connectivity index (χ4v) is 2.61. The minimum Gasteiger partial charge on any atom is -0.465 e. The van der Waals surface area contributed by atoms with E-state index in [1.807, 2.05) is 36.9 Å². The molecule has 1 N–H and O–H groups in total. The molecule has 0 saturated heterocycles. The largest absolute Gasteiger partial charge is 0.465 e. The number of hydrogen-bond donors (Lipinski definition) is 1. The van der Waals surface area contributed by atoms with E-state index in [4.69, 9.17) is 9.47 Å². The summed E-state index contributed by atoms with van der Waals surface area (Å²) in [6, 6.07) is 3.40. The molecule has 0 fully saturated rings. The van der Waals surface area contributed by atoms with E-state index in [-0.39, 0.29) is 25.6 Å². The van der Waals surface area contributed by atoms with Crippen molar-refractivity contribution in [2.75, 3.05) is 46.5 Å². The Bertz CT molecular complexity index is 632. The zero-order chi connectivity index (χ0) is 20.9. The molecular weight excluding hydrogens is 364 g/mol. The zero-order valence-corrected chi connectivity index (χ0v) is 17.3. The van der Waals surface area contributed by atoms with Crippen LogP contribution in [0, 0.1) is 0 Å². The fraction of sp³-hybridized carbons (Fsp3) is 0.632. The number of methoxy groups -OCH3 is 1. The number of ether oxygens (including phenoxy) is 2. The van der Waals surface area contributed by atoms with Crippen LogP contribution in [0.25, 0.3) is 0 Å². The lowest BCUT2D eigenvalue weighted by Gasteiger charge is -2.27. The highest BCUT2D eigenvalue weighted by Crippen LogP contribution is 2.07. The first-order chi connectivity index (χ1) is 13.4. The van der Waals surface area contributed by atoms with Gasteiger partial charge >= 0.3 is 12.0 Å². The summed E-state index contributed by atoms with van der Waals surface area (Å²) >= 11 is 0. The Kier molecular flexibility index (Phi) is 10.7. The first-order valence-electron chi connectivity index (χ1n) is 9.48. The molecule has 0 spiro atoms. The lowest BCUT2D eigenvalue weighted by Crippen LogP contribution is -2.48. The number of nitrogens with zero attached hydrogens (tertiary/aromatic N) is 3. The summed E-state index contributed by atoms with van der Waals surface area (Å²) in [4.78, 5) is 39.8. The normalized spacial score (nSPS) is 10.4. The predicted molar refractivity (Wildman–Crippen MR) is 105 cm³/mol. The highest BCUT2D eigenvalue weighted by Gasteiger charge is 2.22. The molecule has 0 aromatic carbocycles. The molecule has 0 radical (unpaired) electrons. The Balaban J connectivity index is 2.74. The lowest BCUT2D eigenvalue weighted by atomic mass is 10.3. The topological polar surface area (TPSA) is 93.1 Å². The van der Waals surface area contributed by atoms with Crippen molar-refractivity contribution in [2.45, 2.75) is 26.8 Å². The van der Waals surface area contributed by atoms with Gasteiger partial charge in [-0.05, 0) is 25.5 Å². The number of urea groups is 1. The smallest absolute Gasteiger partial charge is 0.325 e. The third-order valence-corrected chi connectivity index (χ3v) is 4.12. The van der Waals surface area contributed by atoms with Crippen LogP contribution in [0.5, 0.6) is 0 Å². The predicted octanol–water partition coefficient (Wildman–Crippen LogP) is 0.985. The van der Waals surface area contributed by atoms with Crippen LogP contribution < -0.4 is 5.32 Å². The number of nitrogens with one attached hydrogen (secondary N) is 1. The lowest BCUT2D eigenvalue weighted by molar-refractivity contribution is -0.141. The summed E-state index contributed by atoms with van der Waals surface area (Å²) in [5.74, 6) is -0.693. The molecule has 0 atom stereocenters. The van der Waals surface area contributed by atoms with E-state index in [9.17, 15) is 14.4 Å². The molecule has 158 valence electrons. The van der Waals surface area contributed by atoms with Gasteiger partial charge in [-0.3, -0.25) is 9.59 Å². The van der Waals surface area contributed by atoms with E-state index < -0.39 is 12.0 Å². The third-order valence-electron chi connectivity index (χ3n) is 4.12. The van der Waals surface area contributed by atoms with E-state index >= 15 is 0 Å². The van der Waals surface area contributed by atoms with E-state index in [2.05, 4.69) is 5.32 Å². The molecule has 0 aliphatic rings. The molecule has 0 aliphatic carbocycles. The van der Waals surface area contributed by atoms with E-state index in [1.165, 1.54) is 4.90 Å². The summed E-state index contributed by atoms with van der Waals surface area (Å²) in [7, 11) is 3.50. The summed E-state index contributed by atoms with van der Waals surface area (Å²) in [5, 5.41) is 2.51. The second-order valence-corrected chi connectivity index (χ2v) is 6.30. The summed E-state index contributed by atoms with van der Waals surface area (Å²) in [6.45, 7) is 5.22. The van der Waals surface area contributed by atoms with Crippen LogP contribution in [0.4, 0.5) is 4.79 Å². The van der Waals surface area contributed by atoms with Crippen molar-refractivity contribution in [3.8, 4) is 0 Å². The van der Waals surface area contributed by atoms with Crippen molar-refractivity contribution in [2.24, 2.45) is 7.05 Å². The van der Waals surface area contributed by atoms with Gasteiger partial charge in [0.05, 0.1) is 19.8 Å². The molecule has 1 heterocycles. The SMILES string of the molecule is CCCN(CC(=O)N(CCOC)Cc1cccn1C)C(=O)NCC(=O)OCC. The average molecular weight is 396 g/mol. The van der Waals surface area contributed by atoms with Crippen LogP contribution in [0.15, 0.2) is 18.3 Å². The van der Waals surface area contributed by atoms with Gasteiger partial charge in [-0.25, -0.2) is 4.79 Å². The molecule has 0 aliphatic heterocycles. The second-order valence-electron chi connectivity index (χ2n) is 6.30. The first kappa shape index (κ1) is 23.5. The summed E-state index contributed by atoms with van der Waals surface area (Å²) < 4.78 is 11.9. The van der Waals surface area contributed by atoms with Gasteiger partial charge in [0, 0.05) is 39.1 Å². The molecule has 0 bridgehead atoms. The monoisotopic (exact) mass is 396 g/mol.